The van der Waals surface area contributed by atoms with E-state index in [1.807, 2.05) is 0 Å². The molecule has 1 atom stereocenters. The molecule has 94 valence electrons. The first-order valence-electron chi connectivity index (χ1n) is 7.25. The number of nitrogens with zero attached hydrogens (tertiary/aromatic N) is 1. The smallest absolute Gasteiger partial charge is 0.0119 e. The highest BCUT2D eigenvalue weighted by Crippen LogP contribution is 2.23. The second-order valence-electron chi connectivity index (χ2n) is 5.93. The number of likely N-dealkylation sites (tertiary alicyclic amines) is 1. The van der Waals surface area contributed by atoms with E-state index in [1.54, 1.807) is 0 Å². The summed E-state index contributed by atoms with van der Waals surface area (Å²) in [5.41, 5.74) is 0. The molecular weight excluding hydrogens is 196 g/mol. The van der Waals surface area contributed by atoms with Crippen molar-refractivity contribution in [1.82, 2.24) is 10.2 Å². The Kier molecular flexibility index (Phi) is 4.66. The fourth-order valence-corrected chi connectivity index (χ4v) is 3.43. The molecule has 0 aromatic rings. The van der Waals surface area contributed by atoms with Crippen molar-refractivity contribution in [3.63, 3.8) is 0 Å². The average Bonchev–Trinajstić information content (AvgIpc) is 2.87. The number of nitrogens with one attached hydrogen (secondary N) is 1. The summed E-state index contributed by atoms with van der Waals surface area (Å²) in [5.74, 6) is 0.828. The highest BCUT2D eigenvalue weighted by molar-refractivity contribution is 4.82. The Balaban J connectivity index is 1.64. The summed E-state index contributed by atoms with van der Waals surface area (Å²) in [4.78, 5) is 2.70. The Hall–Kier alpha value is -0.0800. The zero-order chi connectivity index (χ0) is 11.4. The van der Waals surface area contributed by atoms with E-state index in [2.05, 4.69) is 24.1 Å². The van der Waals surface area contributed by atoms with Crippen molar-refractivity contribution in [3.8, 4) is 0 Å². The van der Waals surface area contributed by atoms with Crippen LogP contribution in [0, 0.1) is 5.92 Å². The lowest BCUT2D eigenvalue weighted by Gasteiger charge is -2.28. The summed E-state index contributed by atoms with van der Waals surface area (Å²) in [6, 6.07) is 1.69. The lowest BCUT2D eigenvalue weighted by molar-refractivity contribution is 0.205. The zero-order valence-electron chi connectivity index (χ0n) is 11.0. The molecule has 0 aromatic heterocycles. The van der Waals surface area contributed by atoms with E-state index in [0.29, 0.717) is 0 Å². The molecule has 0 amide bonds. The summed E-state index contributed by atoms with van der Waals surface area (Å²) in [6.07, 6.45) is 8.53. The van der Waals surface area contributed by atoms with E-state index < -0.39 is 0 Å². The largest absolute Gasteiger partial charge is 0.313 e. The Labute approximate surface area is 101 Å². The molecule has 1 saturated heterocycles. The SMILES string of the molecule is CC(C)C1CCCN1CCNC1CCCC1. The van der Waals surface area contributed by atoms with Gasteiger partial charge in [0, 0.05) is 25.2 Å². The van der Waals surface area contributed by atoms with Gasteiger partial charge in [-0.25, -0.2) is 0 Å². The molecule has 2 rings (SSSR count). The van der Waals surface area contributed by atoms with Gasteiger partial charge in [-0.3, -0.25) is 4.90 Å². The van der Waals surface area contributed by atoms with Crippen LogP contribution in [-0.2, 0) is 0 Å². The van der Waals surface area contributed by atoms with Crippen molar-refractivity contribution in [2.45, 2.75) is 64.5 Å². The second kappa shape index (κ2) is 6.02. The molecule has 1 aliphatic heterocycles. The van der Waals surface area contributed by atoms with Crippen LogP contribution in [0.25, 0.3) is 0 Å². The van der Waals surface area contributed by atoms with Gasteiger partial charge in [0.1, 0.15) is 0 Å². The summed E-state index contributed by atoms with van der Waals surface area (Å²) in [5, 5.41) is 3.73. The van der Waals surface area contributed by atoms with Gasteiger partial charge in [-0.15, -0.1) is 0 Å². The van der Waals surface area contributed by atoms with Crippen molar-refractivity contribution in [2.75, 3.05) is 19.6 Å². The van der Waals surface area contributed by atoms with Crippen molar-refractivity contribution in [3.05, 3.63) is 0 Å². The maximum atomic E-state index is 3.73. The van der Waals surface area contributed by atoms with Gasteiger partial charge >= 0.3 is 0 Å². The number of rotatable bonds is 5. The molecular formula is C14H28N2. The van der Waals surface area contributed by atoms with Gasteiger partial charge in [-0.1, -0.05) is 26.7 Å². The molecule has 0 spiro atoms. The molecule has 0 aromatic carbocycles. The lowest BCUT2D eigenvalue weighted by Crippen LogP contribution is -2.40. The summed E-state index contributed by atoms with van der Waals surface area (Å²) < 4.78 is 0. The Bertz CT molecular complexity index is 197. The summed E-state index contributed by atoms with van der Waals surface area (Å²) >= 11 is 0. The molecule has 2 heteroatoms. The first kappa shape index (κ1) is 12.4. The van der Waals surface area contributed by atoms with E-state index >= 15 is 0 Å². The van der Waals surface area contributed by atoms with Crippen molar-refractivity contribution in [1.29, 1.82) is 0 Å². The van der Waals surface area contributed by atoms with Gasteiger partial charge < -0.3 is 5.32 Å². The standard InChI is InChI=1S/C14H28N2/c1-12(2)14-8-5-10-16(14)11-9-15-13-6-3-4-7-13/h12-15H,3-11H2,1-2H3. The van der Waals surface area contributed by atoms with Gasteiger partial charge in [-0.05, 0) is 38.1 Å². The van der Waals surface area contributed by atoms with Gasteiger partial charge in [-0.2, -0.15) is 0 Å². The fraction of sp³-hybridized carbons (Fsp3) is 1.00. The van der Waals surface area contributed by atoms with E-state index in [9.17, 15) is 0 Å². The third-order valence-corrected chi connectivity index (χ3v) is 4.37. The fourth-order valence-electron chi connectivity index (χ4n) is 3.43. The van der Waals surface area contributed by atoms with E-state index in [1.165, 1.54) is 58.2 Å². The van der Waals surface area contributed by atoms with Crippen LogP contribution in [-0.4, -0.2) is 36.6 Å². The lowest BCUT2D eigenvalue weighted by atomic mass is 10.0. The minimum Gasteiger partial charge on any atom is -0.313 e. The van der Waals surface area contributed by atoms with Crippen LogP contribution in [0.2, 0.25) is 0 Å². The first-order chi connectivity index (χ1) is 7.77. The van der Waals surface area contributed by atoms with Crippen molar-refractivity contribution >= 4 is 0 Å². The van der Waals surface area contributed by atoms with E-state index in [0.717, 1.165) is 18.0 Å². The third-order valence-electron chi connectivity index (χ3n) is 4.37. The molecule has 1 heterocycles. The molecule has 16 heavy (non-hydrogen) atoms. The first-order valence-corrected chi connectivity index (χ1v) is 7.25. The molecule has 0 radical (unpaired) electrons. The minimum absolute atomic E-state index is 0.828. The predicted octanol–water partition coefficient (Wildman–Crippen LogP) is 2.64. The van der Waals surface area contributed by atoms with Crippen LogP contribution in [0.1, 0.15) is 52.4 Å². The Morgan fingerprint density at radius 1 is 1.12 bits per heavy atom. The number of hydrogen-bond acceptors (Lipinski definition) is 2. The molecule has 0 bridgehead atoms. The van der Waals surface area contributed by atoms with Crippen LogP contribution in [0.4, 0.5) is 0 Å². The quantitative estimate of drug-likeness (QED) is 0.772. The molecule has 2 nitrogen and oxygen atoms in total. The van der Waals surface area contributed by atoms with Gasteiger partial charge in [0.2, 0.25) is 0 Å². The highest BCUT2D eigenvalue weighted by atomic mass is 15.2. The molecule has 1 saturated carbocycles. The van der Waals surface area contributed by atoms with Crippen molar-refractivity contribution in [2.24, 2.45) is 5.92 Å². The molecule has 1 aliphatic carbocycles. The van der Waals surface area contributed by atoms with Crippen molar-refractivity contribution < 1.29 is 0 Å². The summed E-state index contributed by atoms with van der Waals surface area (Å²) in [7, 11) is 0. The zero-order valence-corrected chi connectivity index (χ0v) is 11.0. The topological polar surface area (TPSA) is 15.3 Å². The van der Waals surface area contributed by atoms with Crippen LogP contribution < -0.4 is 5.32 Å². The van der Waals surface area contributed by atoms with Crippen LogP contribution in [0.3, 0.4) is 0 Å². The maximum absolute atomic E-state index is 3.73. The van der Waals surface area contributed by atoms with E-state index in [-0.39, 0.29) is 0 Å². The minimum atomic E-state index is 0.828. The Morgan fingerprint density at radius 3 is 2.56 bits per heavy atom. The van der Waals surface area contributed by atoms with Crippen LogP contribution in [0.15, 0.2) is 0 Å². The highest BCUT2D eigenvalue weighted by Gasteiger charge is 2.26. The van der Waals surface area contributed by atoms with Crippen LogP contribution >= 0.6 is 0 Å². The number of hydrogen-bond donors (Lipinski definition) is 1. The van der Waals surface area contributed by atoms with Gasteiger partial charge in [0.25, 0.3) is 0 Å². The van der Waals surface area contributed by atoms with Crippen LogP contribution in [0.5, 0.6) is 0 Å². The van der Waals surface area contributed by atoms with E-state index in [4.69, 9.17) is 0 Å². The average molecular weight is 224 g/mol. The normalized spacial score (nSPS) is 28.3. The molecule has 2 aliphatic rings. The third kappa shape index (κ3) is 3.21. The second-order valence-corrected chi connectivity index (χ2v) is 5.93. The molecule has 1 N–H and O–H groups in total. The molecule has 2 fully saturated rings. The monoisotopic (exact) mass is 224 g/mol. The Morgan fingerprint density at radius 2 is 1.88 bits per heavy atom. The van der Waals surface area contributed by atoms with Gasteiger partial charge in [0.05, 0.1) is 0 Å². The molecule has 1 unspecified atom stereocenters. The van der Waals surface area contributed by atoms with Gasteiger partial charge in [0.15, 0.2) is 0 Å². The predicted molar refractivity (Wildman–Crippen MR) is 69.7 cm³/mol. The summed E-state index contributed by atoms with van der Waals surface area (Å²) in [6.45, 7) is 8.53. The maximum Gasteiger partial charge on any atom is 0.0119 e.